The van der Waals surface area contributed by atoms with E-state index in [1.54, 1.807) is 6.20 Å². The third-order valence-corrected chi connectivity index (χ3v) is 5.70. The highest BCUT2D eigenvalue weighted by Crippen LogP contribution is 2.23. The van der Waals surface area contributed by atoms with Crippen molar-refractivity contribution in [2.24, 2.45) is 5.73 Å². The Hall–Kier alpha value is -3.93. The van der Waals surface area contributed by atoms with Crippen molar-refractivity contribution in [3.8, 4) is 0 Å². The normalized spacial score (nSPS) is 17.2. The summed E-state index contributed by atoms with van der Waals surface area (Å²) < 4.78 is 0. The minimum absolute atomic E-state index is 0.0777. The minimum Gasteiger partial charge on any atom is -0.481 e. The van der Waals surface area contributed by atoms with Gasteiger partial charge in [-0.15, -0.1) is 0 Å². The number of carboxylic acid groups (broad SMARTS) is 2. The van der Waals surface area contributed by atoms with Crippen molar-refractivity contribution in [1.29, 1.82) is 0 Å². The van der Waals surface area contributed by atoms with Gasteiger partial charge in [-0.2, -0.15) is 0 Å². The number of likely N-dealkylation sites (tertiary alicyclic amines) is 1. The van der Waals surface area contributed by atoms with E-state index in [0.29, 0.717) is 12.8 Å². The molecule has 1 aromatic carbocycles. The maximum absolute atomic E-state index is 13.5. The largest absolute Gasteiger partial charge is 0.481 e. The molecule has 12 heteroatoms. The van der Waals surface area contributed by atoms with Gasteiger partial charge in [0, 0.05) is 30.1 Å². The molecule has 0 spiro atoms. The standard InChI is InChI=1S/C22H27N5O7/c23-14(9-18(28)29)20(32)26-16(8-12-10-24-15-5-2-1-4-13(12)15)22(34)27-7-3-6-17(27)21(33)25-11-19(30)31/h1-2,4-5,10,14,16-17,24H,3,6-9,11,23H2,(H,25,33)(H,26,32)(H,28,29)(H,30,31). The Bertz CT molecular complexity index is 1100. The number of hydrogen-bond acceptors (Lipinski definition) is 6. The molecule has 182 valence electrons. The van der Waals surface area contributed by atoms with Crippen LogP contribution in [0.25, 0.3) is 10.9 Å². The lowest BCUT2D eigenvalue weighted by Gasteiger charge is -2.29. The number of aromatic nitrogens is 1. The number of hydrogen-bond donors (Lipinski definition) is 6. The number of amides is 3. The highest BCUT2D eigenvalue weighted by atomic mass is 16.4. The molecule has 0 radical (unpaired) electrons. The number of fused-ring (bicyclic) bond motifs is 1. The quantitative estimate of drug-likeness (QED) is 0.258. The number of nitrogens with two attached hydrogens (primary N) is 1. The summed E-state index contributed by atoms with van der Waals surface area (Å²) in [7, 11) is 0. The first kappa shape index (κ1) is 24.7. The predicted octanol–water partition coefficient (Wildman–Crippen LogP) is -0.811. The van der Waals surface area contributed by atoms with Gasteiger partial charge in [-0.1, -0.05) is 18.2 Å². The number of nitrogens with one attached hydrogen (secondary N) is 3. The molecule has 3 amide bonds. The Kier molecular flexibility index (Phi) is 7.84. The van der Waals surface area contributed by atoms with Crippen molar-refractivity contribution in [3.05, 3.63) is 36.0 Å². The molecule has 12 nitrogen and oxygen atoms in total. The summed E-state index contributed by atoms with van der Waals surface area (Å²) in [4.78, 5) is 64.7. The maximum Gasteiger partial charge on any atom is 0.322 e. The van der Waals surface area contributed by atoms with Crippen molar-refractivity contribution in [2.45, 2.75) is 43.8 Å². The van der Waals surface area contributed by atoms with E-state index in [9.17, 15) is 24.0 Å². The molecule has 0 saturated carbocycles. The molecule has 1 fully saturated rings. The SMILES string of the molecule is NC(CC(=O)O)C(=O)NC(Cc1c[nH]c2ccccc12)C(=O)N1CCCC1C(=O)NCC(=O)O. The van der Waals surface area contributed by atoms with Gasteiger partial charge in [0.1, 0.15) is 18.6 Å². The number of carbonyl (C=O) groups is 5. The van der Waals surface area contributed by atoms with Crippen molar-refractivity contribution in [2.75, 3.05) is 13.1 Å². The second-order valence-electron chi connectivity index (χ2n) is 8.13. The van der Waals surface area contributed by atoms with Crippen LogP contribution < -0.4 is 16.4 Å². The van der Waals surface area contributed by atoms with E-state index in [2.05, 4.69) is 15.6 Å². The Morgan fingerprint density at radius 1 is 1.15 bits per heavy atom. The first-order valence-electron chi connectivity index (χ1n) is 10.8. The molecule has 34 heavy (non-hydrogen) atoms. The number of carbonyl (C=O) groups excluding carboxylic acids is 3. The van der Waals surface area contributed by atoms with Crippen LogP contribution in [-0.4, -0.2) is 81.0 Å². The van der Waals surface area contributed by atoms with Gasteiger partial charge in [0.2, 0.25) is 17.7 Å². The number of benzene rings is 1. The van der Waals surface area contributed by atoms with Crippen LogP contribution in [0.4, 0.5) is 0 Å². The molecule has 7 N–H and O–H groups in total. The van der Waals surface area contributed by atoms with Crippen molar-refractivity contribution in [1.82, 2.24) is 20.5 Å². The second-order valence-corrected chi connectivity index (χ2v) is 8.13. The van der Waals surface area contributed by atoms with Crippen LogP contribution in [-0.2, 0) is 30.4 Å². The van der Waals surface area contributed by atoms with Gasteiger partial charge < -0.3 is 36.5 Å². The summed E-state index contributed by atoms with van der Waals surface area (Å²) in [5.74, 6) is -4.38. The van der Waals surface area contributed by atoms with Crippen molar-refractivity contribution >= 4 is 40.6 Å². The van der Waals surface area contributed by atoms with Gasteiger partial charge in [-0.05, 0) is 24.5 Å². The summed E-state index contributed by atoms with van der Waals surface area (Å²) in [6.07, 6.45) is 2.07. The van der Waals surface area contributed by atoms with Crippen molar-refractivity contribution in [3.63, 3.8) is 0 Å². The Labute approximate surface area is 194 Å². The molecule has 2 aromatic rings. The minimum atomic E-state index is -1.36. The molecule has 0 aliphatic carbocycles. The fraction of sp³-hybridized carbons (Fsp3) is 0.409. The van der Waals surface area contributed by atoms with E-state index < -0.39 is 60.8 Å². The number of aliphatic carboxylic acids is 2. The van der Waals surface area contributed by atoms with Gasteiger partial charge >= 0.3 is 11.9 Å². The molecular weight excluding hydrogens is 446 g/mol. The van der Waals surface area contributed by atoms with E-state index in [1.165, 1.54) is 4.90 Å². The van der Waals surface area contributed by atoms with Crippen LogP contribution in [0.2, 0.25) is 0 Å². The predicted molar refractivity (Wildman–Crippen MR) is 120 cm³/mol. The number of carboxylic acids is 2. The Balaban J connectivity index is 1.83. The van der Waals surface area contributed by atoms with Crippen LogP contribution in [0.3, 0.4) is 0 Å². The highest BCUT2D eigenvalue weighted by Gasteiger charge is 2.38. The van der Waals surface area contributed by atoms with Crippen LogP contribution in [0.1, 0.15) is 24.8 Å². The molecular formula is C22H27N5O7. The van der Waals surface area contributed by atoms with Crippen LogP contribution in [0, 0.1) is 0 Å². The van der Waals surface area contributed by atoms with E-state index in [-0.39, 0.29) is 13.0 Å². The lowest BCUT2D eigenvalue weighted by Crippen LogP contribution is -2.56. The van der Waals surface area contributed by atoms with Crippen LogP contribution >= 0.6 is 0 Å². The fourth-order valence-electron chi connectivity index (χ4n) is 4.06. The van der Waals surface area contributed by atoms with E-state index in [0.717, 1.165) is 16.5 Å². The first-order valence-corrected chi connectivity index (χ1v) is 10.8. The lowest BCUT2D eigenvalue weighted by atomic mass is 10.0. The fourth-order valence-corrected chi connectivity index (χ4v) is 4.06. The number of aromatic amines is 1. The van der Waals surface area contributed by atoms with E-state index in [1.807, 2.05) is 24.3 Å². The Morgan fingerprint density at radius 3 is 2.59 bits per heavy atom. The zero-order valence-electron chi connectivity index (χ0n) is 18.3. The van der Waals surface area contributed by atoms with Gasteiger partial charge in [0.05, 0.1) is 12.5 Å². The van der Waals surface area contributed by atoms with Crippen LogP contribution in [0.5, 0.6) is 0 Å². The number of rotatable bonds is 10. The molecule has 0 bridgehead atoms. The molecule has 1 aromatic heterocycles. The van der Waals surface area contributed by atoms with Gasteiger partial charge in [-0.3, -0.25) is 24.0 Å². The number of H-pyrrole nitrogens is 1. The molecule has 3 rings (SSSR count). The lowest BCUT2D eigenvalue weighted by molar-refractivity contribution is -0.143. The van der Waals surface area contributed by atoms with Gasteiger partial charge in [0.15, 0.2) is 0 Å². The molecule has 3 atom stereocenters. The molecule has 2 heterocycles. The summed E-state index contributed by atoms with van der Waals surface area (Å²) in [5, 5.41) is 23.4. The molecule has 1 aliphatic heterocycles. The summed E-state index contributed by atoms with van der Waals surface area (Å²) in [6.45, 7) is -0.317. The number of nitrogens with zero attached hydrogens (tertiary/aromatic N) is 1. The topological polar surface area (TPSA) is 195 Å². The van der Waals surface area contributed by atoms with E-state index in [4.69, 9.17) is 15.9 Å². The first-order chi connectivity index (χ1) is 16.2. The Morgan fingerprint density at radius 2 is 1.88 bits per heavy atom. The van der Waals surface area contributed by atoms with Crippen molar-refractivity contribution < 1.29 is 34.2 Å². The maximum atomic E-state index is 13.5. The third-order valence-electron chi connectivity index (χ3n) is 5.70. The molecule has 1 saturated heterocycles. The zero-order chi connectivity index (χ0) is 24.8. The summed E-state index contributed by atoms with van der Waals surface area (Å²) >= 11 is 0. The second kappa shape index (κ2) is 10.8. The van der Waals surface area contributed by atoms with Crippen LogP contribution in [0.15, 0.2) is 30.5 Å². The third kappa shape index (κ3) is 5.90. The zero-order valence-corrected chi connectivity index (χ0v) is 18.3. The van der Waals surface area contributed by atoms with E-state index >= 15 is 0 Å². The number of para-hydroxylation sites is 1. The average molecular weight is 473 g/mol. The monoisotopic (exact) mass is 473 g/mol. The molecule has 1 aliphatic rings. The summed E-state index contributed by atoms with van der Waals surface area (Å²) in [5.41, 5.74) is 7.26. The smallest absolute Gasteiger partial charge is 0.322 e. The highest BCUT2D eigenvalue weighted by molar-refractivity contribution is 5.95. The van der Waals surface area contributed by atoms with Gasteiger partial charge in [0.25, 0.3) is 0 Å². The summed E-state index contributed by atoms with van der Waals surface area (Å²) in [6, 6.07) is 4.06. The molecule has 3 unspecified atom stereocenters. The average Bonchev–Trinajstić information content (AvgIpc) is 3.43. The van der Waals surface area contributed by atoms with Gasteiger partial charge in [-0.25, -0.2) is 0 Å².